The molecule has 1 amide bonds. The highest BCUT2D eigenvalue weighted by Crippen LogP contribution is 2.57. The van der Waals surface area contributed by atoms with Crippen molar-refractivity contribution in [2.24, 2.45) is 17.6 Å². The van der Waals surface area contributed by atoms with Crippen LogP contribution in [0.25, 0.3) is 5.76 Å². The van der Waals surface area contributed by atoms with Crippen molar-refractivity contribution in [3.05, 3.63) is 46.2 Å². The molecule has 14 N–H and O–H groups in total. The number of carboxylic acids is 1. The summed E-state index contributed by atoms with van der Waals surface area (Å²) in [6, 6.07) is 2.50. The number of carboxylic acid groups (broad SMARTS) is 1. The molecule has 1 aromatic rings. The summed E-state index contributed by atoms with van der Waals surface area (Å²) >= 11 is 0. The number of Topliss-reactive ketones (excluding diaryl/α,β-unsaturated/α-hetero) is 2. The van der Waals surface area contributed by atoms with Crippen LogP contribution in [0.3, 0.4) is 0 Å². The Kier molecular flexibility index (Phi) is 10.0. The van der Waals surface area contributed by atoms with Crippen LogP contribution in [-0.4, -0.2) is 152 Å². The second-order valence-corrected chi connectivity index (χ2v) is 11.6. The molecule has 18 nitrogen and oxygen atoms in total. The van der Waals surface area contributed by atoms with E-state index >= 15 is 0 Å². The van der Waals surface area contributed by atoms with E-state index < -0.39 is 118 Å². The van der Waals surface area contributed by atoms with Crippen molar-refractivity contribution in [3.8, 4) is 5.75 Å². The van der Waals surface area contributed by atoms with Gasteiger partial charge >= 0.3 is 5.97 Å². The maximum Gasteiger partial charge on any atom is 0.335 e. The van der Waals surface area contributed by atoms with Crippen LogP contribution in [-0.2, 0) is 24.8 Å². The number of carbonyl (C=O) groups is 4. The van der Waals surface area contributed by atoms with Gasteiger partial charge in [-0.2, -0.15) is 0 Å². The zero-order chi connectivity index (χ0) is 35.4. The number of nitrogens with zero attached hydrogens (tertiary/aromatic N) is 1. The first kappa shape index (κ1) is 36.5. The van der Waals surface area contributed by atoms with Gasteiger partial charge in [-0.3, -0.25) is 19.3 Å². The SMILES string of the molecule is CN(C)[C@@H]1C(=O)C(C(N)=O)=C(O)[C@@]2(O)C(=O)C3=C(O)c4c(O)cccc4[C@@](C)(O)[C@H]3[C@H](O)[C@@H]12.O=C(O)[C@H](O)[C@@H](O)[C@H](O)[C@H](O)CO. The standard InChI is InChI=1S/C22H24N2O9.C6H12O7/c1-21(32)7-5-4-6-8(25)9(7)15(26)10-12(21)17(28)13-14(24(2)3)16(27)11(20(23)31)19(30)22(13,33)18(10)29;7-1-2(8)3(9)4(10)5(11)6(12)13/h4-6,12-14,17,25-26,28,30,32-33H,1-3H3,(H2,23,31);2-5,7-11H,1H2,(H,12,13)/t12-,13-,14+,17+,21-,22+;2-,3-,4+,5-/m11/s1. The van der Waals surface area contributed by atoms with E-state index in [9.17, 15) is 49.8 Å². The molecule has 1 aromatic carbocycles. The second-order valence-electron chi connectivity index (χ2n) is 11.6. The lowest BCUT2D eigenvalue weighted by Crippen LogP contribution is -2.71. The van der Waals surface area contributed by atoms with Gasteiger partial charge in [0.15, 0.2) is 17.5 Å². The fourth-order valence-corrected chi connectivity index (χ4v) is 6.27. The largest absolute Gasteiger partial charge is 0.508 e. The molecule has 10 atom stereocenters. The number of ketones is 2. The van der Waals surface area contributed by atoms with Crippen LogP contribution in [0.5, 0.6) is 5.75 Å². The van der Waals surface area contributed by atoms with Crippen molar-refractivity contribution in [3.63, 3.8) is 0 Å². The molecule has 3 aliphatic carbocycles. The number of phenolic OH excluding ortho intramolecular Hbond substituents is 1. The molecular formula is C28H36N2O16. The number of fused-ring (bicyclic) bond motifs is 3. The normalized spacial score (nSPS) is 31.6. The molecular weight excluding hydrogens is 620 g/mol. The zero-order valence-corrected chi connectivity index (χ0v) is 24.6. The predicted octanol–water partition coefficient (Wildman–Crippen LogP) is -4.89. The minimum Gasteiger partial charge on any atom is -0.508 e. The number of nitrogens with two attached hydrogens (primary N) is 1. The number of aliphatic carboxylic acids is 1. The van der Waals surface area contributed by atoms with E-state index in [4.69, 9.17) is 36.4 Å². The number of aromatic hydroxyl groups is 1. The minimum absolute atomic E-state index is 0.00664. The van der Waals surface area contributed by atoms with Gasteiger partial charge in [-0.05, 0) is 32.6 Å². The molecule has 0 saturated heterocycles. The number of aliphatic hydroxyl groups is 10. The van der Waals surface area contributed by atoms with Gasteiger partial charge in [-0.25, -0.2) is 4.79 Å². The van der Waals surface area contributed by atoms with Gasteiger partial charge in [-0.15, -0.1) is 0 Å². The van der Waals surface area contributed by atoms with Crippen LogP contribution >= 0.6 is 0 Å². The monoisotopic (exact) mass is 656 g/mol. The molecule has 0 unspecified atom stereocenters. The van der Waals surface area contributed by atoms with Gasteiger partial charge in [0.1, 0.15) is 41.2 Å². The number of aliphatic hydroxyl groups excluding tert-OH is 8. The van der Waals surface area contributed by atoms with E-state index in [0.717, 1.165) is 0 Å². The molecule has 0 spiro atoms. The van der Waals surface area contributed by atoms with Gasteiger partial charge in [0.2, 0.25) is 5.78 Å². The van der Waals surface area contributed by atoms with Gasteiger partial charge in [0.05, 0.1) is 47.3 Å². The molecule has 0 heterocycles. The highest BCUT2D eigenvalue weighted by atomic mass is 16.4. The molecule has 0 aliphatic heterocycles. The molecule has 46 heavy (non-hydrogen) atoms. The number of benzene rings is 1. The smallest absolute Gasteiger partial charge is 0.335 e. The Morgan fingerprint density at radius 3 is 2.07 bits per heavy atom. The van der Waals surface area contributed by atoms with E-state index in [1.807, 2.05) is 0 Å². The maximum atomic E-state index is 13.7. The summed E-state index contributed by atoms with van der Waals surface area (Å²) in [5.41, 5.74) is -1.78. The summed E-state index contributed by atoms with van der Waals surface area (Å²) in [5, 5.41) is 118. The van der Waals surface area contributed by atoms with Crippen LogP contribution < -0.4 is 5.73 Å². The van der Waals surface area contributed by atoms with Crippen LogP contribution in [0.2, 0.25) is 0 Å². The summed E-state index contributed by atoms with van der Waals surface area (Å²) < 4.78 is 0. The predicted molar refractivity (Wildman–Crippen MR) is 150 cm³/mol. The summed E-state index contributed by atoms with van der Waals surface area (Å²) in [4.78, 5) is 50.0. The third-order valence-corrected chi connectivity index (χ3v) is 8.54. The number of likely N-dealkylation sites (N-methyl/N-ethyl adjacent to an activating group) is 1. The van der Waals surface area contributed by atoms with Gasteiger partial charge in [-0.1, -0.05) is 12.1 Å². The topological polar surface area (TPSA) is 340 Å². The summed E-state index contributed by atoms with van der Waals surface area (Å²) in [6.45, 7) is 0.410. The van der Waals surface area contributed by atoms with Crippen molar-refractivity contribution in [1.29, 1.82) is 0 Å². The fraction of sp³-hybridized carbons (Fsp3) is 0.500. The van der Waals surface area contributed by atoms with Crippen molar-refractivity contribution in [2.45, 2.75) is 54.7 Å². The van der Waals surface area contributed by atoms with Crippen LogP contribution in [0.1, 0.15) is 18.1 Å². The average molecular weight is 657 g/mol. The Balaban J connectivity index is 0.000000376. The number of carbonyl (C=O) groups excluding carboxylic acids is 3. The number of phenols is 1. The van der Waals surface area contributed by atoms with E-state index in [1.54, 1.807) is 0 Å². The highest BCUT2D eigenvalue weighted by molar-refractivity contribution is 6.24. The van der Waals surface area contributed by atoms with Crippen molar-refractivity contribution in [1.82, 2.24) is 4.90 Å². The zero-order valence-electron chi connectivity index (χ0n) is 24.6. The van der Waals surface area contributed by atoms with Crippen LogP contribution in [0.15, 0.2) is 35.1 Å². The fourth-order valence-electron chi connectivity index (χ4n) is 6.27. The Morgan fingerprint density at radius 2 is 1.59 bits per heavy atom. The van der Waals surface area contributed by atoms with Crippen molar-refractivity contribution >= 4 is 29.2 Å². The van der Waals surface area contributed by atoms with E-state index in [1.165, 1.54) is 44.1 Å². The Morgan fingerprint density at radius 1 is 1.02 bits per heavy atom. The van der Waals surface area contributed by atoms with Crippen molar-refractivity contribution < 1.29 is 80.5 Å². The first-order valence-corrected chi connectivity index (χ1v) is 13.6. The number of hydrogen-bond donors (Lipinski definition) is 13. The Bertz CT molecular complexity index is 1500. The molecule has 254 valence electrons. The highest BCUT2D eigenvalue weighted by Gasteiger charge is 2.70. The van der Waals surface area contributed by atoms with E-state index in [0.29, 0.717) is 0 Å². The lowest BCUT2D eigenvalue weighted by molar-refractivity contribution is -0.181. The first-order chi connectivity index (χ1) is 21.1. The lowest BCUT2D eigenvalue weighted by atomic mass is 9.53. The molecule has 4 rings (SSSR count). The van der Waals surface area contributed by atoms with Crippen LogP contribution in [0, 0.1) is 11.8 Å². The quantitative estimate of drug-likeness (QED) is 0.122. The number of primary amides is 1. The molecule has 1 saturated carbocycles. The molecule has 0 bridgehead atoms. The van der Waals surface area contributed by atoms with Gasteiger partial charge in [0, 0.05) is 0 Å². The third-order valence-electron chi connectivity index (χ3n) is 8.54. The molecule has 0 aromatic heterocycles. The van der Waals surface area contributed by atoms with E-state index in [-0.39, 0.29) is 11.1 Å². The summed E-state index contributed by atoms with van der Waals surface area (Å²) in [5.74, 6) is -11.4. The minimum atomic E-state index is -3.02. The first-order valence-electron chi connectivity index (χ1n) is 13.6. The van der Waals surface area contributed by atoms with Crippen molar-refractivity contribution in [2.75, 3.05) is 20.7 Å². The molecule has 0 radical (unpaired) electrons. The van der Waals surface area contributed by atoms with Gasteiger partial charge < -0.3 is 67.0 Å². The maximum absolute atomic E-state index is 13.7. The van der Waals surface area contributed by atoms with Crippen LogP contribution in [0.4, 0.5) is 0 Å². The average Bonchev–Trinajstić information content (AvgIpc) is 2.97. The molecule has 1 fully saturated rings. The van der Waals surface area contributed by atoms with E-state index in [2.05, 4.69) is 0 Å². The number of amides is 1. The second kappa shape index (κ2) is 12.7. The number of rotatable bonds is 7. The third kappa shape index (κ3) is 5.42. The Labute approximate surface area is 259 Å². The summed E-state index contributed by atoms with van der Waals surface area (Å²) in [7, 11) is 2.80. The number of hydrogen-bond acceptors (Lipinski definition) is 16. The molecule has 18 heteroatoms. The lowest BCUT2D eigenvalue weighted by Gasteiger charge is -2.55. The Hall–Kier alpha value is -3.98. The van der Waals surface area contributed by atoms with Gasteiger partial charge in [0.25, 0.3) is 5.91 Å². The summed E-state index contributed by atoms with van der Waals surface area (Å²) in [6.07, 6.45) is -9.71. The molecule has 3 aliphatic rings.